The maximum absolute atomic E-state index is 11.4. The summed E-state index contributed by atoms with van der Waals surface area (Å²) in [7, 11) is 0. The molecule has 3 N–H and O–H groups in total. The lowest BCUT2D eigenvalue weighted by Crippen LogP contribution is -2.25. The van der Waals surface area contributed by atoms with Gasteiger partial charge < -0.3 is 24.5 Å². The molecule has 1 atom stereocenters. The number of aromatic amines is 2. The molecule has 0 saturated carbocycles. The maximum Gasteiger partial charge on any atom is 0.407 e. The molecule has 1 amide bonds. The van der Waals surface area contributed by atoms with Crippen LogP contribution < -0.4 is 16.6 Å². The molecule has 11 heteroatoms. The minimum Gasteiger partial charge on any atom is -0.459 e. The summed E-state index contributed by atoms with van der Waals surface area (Å²) in [5.41, 5.74) is -1.33. The van der Waals surface area contributed by atoms with Gasteiger partial charge in [0.05, 0.1) is 12.1 Å². The molecule has 1 saturated heterocycles. The zero-order valence-electron chi connectivity index (χ0n) is 12.2. The van der Waals surface area contributed by atoms with E-state index in [1.807, 2.05) is 4.98 Å². The molecule has 0 aromatic carbocycles. The van der Waals surface area contributed by atoms with Gasteiger partial charge in [0.25, 0.3) is 5.56 Å². The Labute approximate surface area is 133 Å². The fourth-order valence-corrected chi connectivity index (χ4v) is 1.63. The van der Waals surface area contributed by atoms with Crippen molar-refractivity contribution in [2.75, 3.05) is 13.2 Å². The number of nitrogens with one attached hydrogen (secondary N) is 3. The number of H-pyrrole nitrogens is 2. The molecule has 1 fully saturated rings. The highest BCUT2D eigenvalue weighted by molar-refractivity contribution is 5.91. The van der Waals surface area contributed by atoms with Crippen molar-refractivity contribution in [1.29, 1.82) is 0 Å². The summed E-state index contributed by atoms with van der Waals surface area (Å²) >= 11 is 0. The molecule has 2 rings (SSSR count). The fraction of sp³-hybridized carbons (Fsp3) is 0.308. The monoisotopic (exact) mass is 339 g/mol. The topological polar surface area (TPSA) is 157 Å². The first-order valence-corrected chi connectivity index (χ1v) is 6.71. The van der Waals surface area contributed by atoms with Crippen molar-refractivity contribution in [2.45, 2.75) is 12.7 Å². The largest absolute Gasteiger partial charge is 0.459 e. The summed E-state index contributed by atoms with van der Waals surface area (Å²) in [5, 5.41) is 2.39. The van der Waals surface area contributed by atoms with Crippen LogP contribution in [-0.2, 0) is 30.4 Å². The van der Waals surface area contributed by atoms with E-state index in [0.717, 1.165) is 18.3 Å². The van der Waals surface area contributed by atoms with Gasteiger partial charge in [-0.25, -0.2) is 19.2 Å². The zero-order valence-corrected chi connectivity index (χ0v) is 12.2. The Hall–Kier alpha value is -3.37. The van der Waals surface area contributed by atoms with Crippen molar-refractivity contribution < 1.29 is 28.6 Å². The Morgan fingerprint density at radius 1 is 1.21 bits per heavy atom. The predicted molar refractivity (Wildman–Crippen MR) is 75.9 cm³/mol. The number of cyclic esters (lactones) is 1. The summed E-state index contributed by atoms with van der Waals surface area (Å²) in [5.74, 6) is -1.71. The molecule has 2 heterocycles. The Balaban J connectivity index is 1.73. The average Bonchev–Trinajstić information content (AvgIpc) is 2.95. The van der Waals surface area contributed by atoms with Gasteiger partial charge in [-0.3, -0.25) is 9.78 Å². The first kappa shape index (κ1) is 17.0. The highest BCUT2D eigenvalue weighted by Gasteiger charge is 2.23. The number of ether oxygens (including phenoxy) is 3. The van der Waals surface area contributed by atoms with Crippen molar-refractivity contribution in [2.24, 2.45) is 0 Å². The van der Waals surface area contributed by atoms with Crippen LogP contribution in [0.1, 0.15) is 5.56 Å². The number of carbonyl (C=O) groups excluding carboxylic acids is 3. The predicted octanol–water partition coefficient (Wildman–Crippen LogP) is -1.69. The van der Waals surface area contributed by atoms with Crippen LogP contribution in [0.4, 0.5) is 4.79 Å². The Bertz CT molecular complexity index is 778. The van der Waals surface area contributed by atoms with Crippen LogP contribution in [0.2, 0.25) is 0 Å². The van der Waals surface area contributed by atoms with E-state index in [4.69, 9.17) is 14.2 Å². The van der Waals surface area contributed by atoms with Crippen LogP contribution in [0.15, 0.2) is 27.9 Å². The van der Waals surface area contributed by atoms with Crippen molar-refractivity contribution >= 4 is 18.0 Å². The van der Waals surface area contributed by atoms with E-state index in [9.17, 15) is 24.0 Å². The van der Waals surface area contributed by atoms with E-state index in [1.165, 1.54) is 0 Å². The summed E-state index contributed by atoms with van der Waals surface area (Å²) in [4.78, 5) is 59.9. The SMILES string of the molecule is O=C(/C=C/C(=O)OCC1CNC(=O)O1)OCc1c[nH]c(=O)[nH]c1=O. The van der Waals surface area contributed by atoms with Gasteiger partial charge >= 0.3 is 23.7 Å². The Morgan fingerprint density at radius 3 is 2.54 bits per heavy atom. The van der Waals surface area contributed by atoms with Crippen LogP contribution in [0.3, 0.4) is 0 Å². The maximum atomic E-state index is 11.4. The van der Waals surface area contributed by atoms with Gasteiger partial charge in [0, 0.05) is 18.3 Å². The molecule has 0 radical (unpaired) electrons. The summed E-state index contributed by atoms with van der Waals surface area (Å²) in [6, 6.07) is 0. The summed E-state index contributed by atoms with van der Waals surface area (Å²) in [6.07, 6.45) is 1.61. The third kappa shape index (κ3) is 5.12. The molecule has 128 valence electrons. The minimum absolute atomic E-state index is 0.0366. The second kappa shape index (κ2) is 7.76. The van der Waals surface area contributed by atoms with Gasteiger partial charge in [0.2, 0.25) is 0 Å². The number of alkyl carbamates (subject to hydrolysis) is 1. The summed E-state index contributed by atoms with van der Waals surface area (Å²) in [6.45, 7) is -0.302. The normalized spacial score (nSPS) is 16.5. The summed E-state index contributed by atoms with van der Waals surface area (Å²) < 4.78 is 14.3. The second-order valence-corrected chi connectivity index (χ2v) is 4.58. The van der Waals surface area contributed by atoms with Gasteiger partial charge in [0.15, 0.2) is 6.10 Å². The van der Waals surface area contributed by atoms with Crippen molar-refractivity contribution in [3.05, 3.63) is 44.8 Å². The van der Waals surface area contributed by atoms with E-state index < -0.39 is 35.4 Å². The van der Waals surface area contributed by atoms with Crippen molar-refractivity contribution in [1.82, 2.24) is 15.3 Å². The van der Waals surface area contributed by atoms with Crippen molar-refractivity contribution in [3.63, 3.8) is 0 Å². The zero-order chi connectivity index (χ0) is 17.5. The number of rotatable bonds is 6. The molecule has 1 aromatic heterocycles. The quantitative estimate of drug-likeness (QED) is 0.315. The van der Waals surface area contributed by atoms with Crippen LogP contribution in [0.5, 0.6) is 0 Å². The average molecular weight is 339 g/mol. The Kier molecular flexibility index (Phi) is 5.49. The third-order valence-electron chi connectivity index (χ3n) is 2.78. The van der Waals surface area contributed by atoms with Crippen LogP contribution in [0, 0.1) is 0 Å². The molecule has 24 heavy (non-hydrogen) atoms. The standard InChI is InChI=1S/C13H13N3O8/c17-9(22-5-7-3-14-12(20)16-11(7)19)1-2-10(18)23-6-8-4-15-13(21)24-8/h1-3,8H,4-6H2,(H,15,21)(H2,14,16,19,20)/b2-1+. The van der Waals surface area contributed by atoms with Crippen LogP contribution in [0.25, 0.3) is 0 Å². The molecule has 1 unspecified atom stereocenters. The van der Waals surface area contributed by atoms with Gasteiger partial charge in [-0.1, -0.05) is 0 Å². The van der Waals surface area contributed by atoms with E-state index in [-0.39, 0.29) is 25.3 Å². The minimum atomic E-state index is -0.883. The van der Waals surface area contributed by atoms with E-state index in [2.05, 4.69) is 10.3 Å². The van der Waals surface area contributed by atoms with Gasteiger partial charge in [-0.05, 0) is 0 Å². The number of hydrogen-bond acceptors (Lipinski definition) is 8. The van der Waals surface area contributed by atoms with Crippen LogP contribution >= 0.6 is 0 Å². The molecule has 0 bridgehead atoms. The first-order valence-electron chi connectivity index (χ1n) is 6.71. The lowest BCUT2D eigenvalue weighted by atomic mass is 10.3. The highest BCUT2D eigenvalue weighted by atomic mass is 16.6. The van der Waals surface area contributed by atoms with Gasteiger partial charge in [-0.15, -0.1) is 0 Å². The Morgan fingerprint density at radius 2 is 1.92 bits per heavy atom. The molecule has 1 aliphatic heterocycles. The molecule has 11 nitrogen and oxygen atoms in total. The van der Waals surface area contributed by atoms with Gasteiger partial charge in [0.1, 0.15) is 13.2 Å². The third-order valence-corrected chi connectivity index (χ3v) is 2.78. The van der Waals surface area contributed by atoms with Gasteiger partial charge in [-0.2, -0.15) is 0 Å². The number of esters is 2. The second-order valence-electron chi connectivity index (χ2n) is 4.58. The molecule has 0 aliphatic carbocycles. The van der Waals surface area contributed by atoms with E-state index in [0.29, 0.717) is 0 Å². The highest BCUT2D eigenvalue weighted by Crippen LogP contribution is 2.00. The molecular weight excluding hydrogens is 326 g/mol. The smallest absolute Gasteiger partial charge is 0.407 e. The van der Waals surface area contributed by atoms with Crippen molar-refractivity contribution in [3.8, 4) is 0 Å². The lowest BCUT2D eigenvalue weighted by molar-refractivity contribution is -0.142. The lowest BCUT2D eigenvalue weighted by Gasteiger charge is -2.06. The first-order chi connectivity index (χ1) is 11.4. The number of amides is 1. The number of aromatic nitrogens is 2. The molecule has 1 aliphatic rings. The van der Waals surface area contributed by atoms with E-state index in [1.54, 1.807) is 0 Å². The molecule has 1 aromatic rings. The molecule has 0 spiro atoms. The fourth-order valence-electron chi connectivity index (χ4n) is 1.63. The van der Waals surface area contributed by atoms with E-state index >= 15 is 0 Å². The van der Waals surface area contributed by atoms with Crippen LogP contribution in [-0.4, -0.2) is 47.3 Å². The number of hydrogen-bond donors (Lipinski definition) is 3. The molecular formula is C13H13N3O8. The number of carbonyl (C=O) groups is 3.